The van der Waals surface area contributed by atoms with Crippen molar-refractivity contribution in [2.24, 2.45) is 0 Å². The van der Waals surface area contributed by atoms with Crippen LogP contribution in [-0.4, -0.2) is 20.8 Å². The van der Waals surface area contributed by atoms with Crippen molar-refractivity contribution >= 4 is 46.0 Å². The minimum atomic E-state index is -4.23. The van der Waals surface area contributed by atoms with E-state index >= 15 is 0 Å². The molecule has 0 aliphatic rings. The van der Waals surface area contributed by atoms with Crippen molar-refractivity contribution in [3.8, 4) is 0 Å². The number of hydrogen-bond acceptors (Lipinski definition) is 2. The van der Waals surface area contributed by atoms with Gasteiger partial charge >= 0.3 is 5.51 Å². The second-order valence-electron chi connectivity index (χ2n) is 4.16. The summed E-state index contributed by atoms with van der Waals surface area (Å²) < 4.78 is 38.3. The fraction of sp³-hybridized carbons (Fsp3) is 0.417. The van der Waals surface area contributed by atoms with Gasteiger partial charge in [0.1, 0.15) is 5.82 Å². The Bertz CT molecular complexity index is 611. The summed E-state index contributed by atoms with van der Waals surface area (Å²) in [7, 11) is 0. The van der Waals surface area contributed by atoms with Gasteiger partial charge in [-0.05, 0) is 36.9 Å². The molecule has 1 aromatic heterocycles. The summed E-state index contributed by atoms with van der Waals surface area (Å²) in [5.41, 5.74) is -2.86. The van der Waals surface area contributed by atoms with Crippen molar-refractivity contribution in [1.29, 1.82) is 0 Å². The molecule has 1 atom stereocenters. The summed E-state index contributed by atoms with van der Waals surface area (Å²) in [5, 5.41) is 0.137. The Kier molecular flexibility index (Phi) is 4.76. The van der Waals surface area contributed by atoms with E-state index in [1.165, 1.54) is 0 Å². The fourth-order valence-corrected chi connectivity index (χ4v) is 2.75. The number of nitrogens with zero attached hydrogens (tertiary/aromatic N) is 2. The molecule has 0 saturated heterocycles. The number of rotatable bonds is 4. The van der Waals surface area contributed by atoms with E-state index in [0.717, 1.165) is 5.52 Å². The summed E-state index contributed by atoms with van der Waals surface area (Å²) in [5.74, 6) is 0.459. The largest absolute Gasteiger partial charge is 0.441 e. The summed E-state index contributed by atoms with van der Waals surface area (Å²) in [6.45, 7) is 1.92. The first kappa shape index (κ1) is 15.8. The van der Waals surface area contributed by atoms with Crippen LogP contribution in [0.5, 0.6) is 0 Å². The van der Waals surface area contributed by atoms with Gasteiger partial charge in [-0.3, -0.25) is 0 Å². The first-order valence-corrected chi connectivity index (χ1v) is 7.58. The first-order chi connectivity index (χ1) is 9.28. The molecular weight excluding hydrogens is 332 g/mol. The smallest absolute Gasteiger partial charge is 0.326 e. The van der Waals surface area contributed by atoms with Crippen LogP contribution in [0.25, 0.3) is 11.0 Å². The number of fused-ring (bicyclic) bond motifs is 1. The lowest BCUT2D eigenvalue weighted by atomic mass is 10.3. The maximum atomic E-state index is 12.2. The monoisotopic (exact) mass is 342 g/mol. The van der Waals surface area contributed by atoms with E-state index in [0.29, 0.717) is 16.4 Å². The van der Waals surface area contributed by atoms with Crippen LogP contribution >= 0.6 is 35.0 Å². The Labute approximate surface area is 128 Å². The minimum Gasteiger partial charge on any atom is -0.326 e. The molecule has 0 bridgehead atoms. The van der Waals surface area contributed by atoms with Crippen LogP contribution in [-0.2, 0) is 6.54 Å². The van der Waals surface area contributed by atoms with Crippen molar-refractivity contribution in [3.63, 3.8) is 0 Å². The SMILES string of the molecule is CC(Cl)c1nc2cc(Cl)ccc2n1CCSC(F)(F)F. The van der Waals surface area contributed by atoms with Gasteiger partial charge in [0.2, 0.25) is 0 Å². The van der Waals surface area contributed by atoms with Gasteiger partial charge in [-0.2, -0.15) is 13.2 Å². The minimum absolute atomic E-state index is 0.0538. The summed E-state index contributed by atoms with van der Waals surface area (Å²) in [6, 6.07) is 5.10. The highest BCUT2D eigenvalue weighted by atomic mass is 35.5. The molecule has 1 aromatic carbocycles. The molecule has 1 unspecified atom stereocenters. The molecule has 2 aromatic rings. The third-order valence-corrected chi connectivity index (χ3v) is 3.82. The standard InChI is InChI=1S/C12H11Cl2F3N2S/c1-7(13)11-18-9-6-8(14)2-3-10(9)19(11)4-5-20-12(15,16)17/h2-3,6-7H,4-5H2,1H3. The molecule has 0 fully saturated rings. The highest BCUT2D eigenvalue weighted by Gasteiger charge is 2.28. The van der Waals surface area contributed by atoms with E-state index in [9.17, 15) is 13.2 Å². The number of thioether (sulfide) groups is 1. The lowest BCUT2D eigenvalue weighted by Crippen LogP contribution is -2.10. The molecular formula is C12H11Cl2F3N2S. The van der Waals surface area contributed by atoms with E-state index in [1.54, 1.807) is 29.7 Å². The normalized spacial score (nSPS) is 13.9. The second kappa shape index (κ2) is 6.03. The number of aromatic nitrogens is 2. The molecule has 0 radical (unpaired) electrons. The van der Waals surface area contributed by atoms with E-state index in [-0.39, 0.29) is 24.1 Å². The summed E-state index contributed by atoms with van der Waals surface area (Å²) >= 11 is 11.9. The van der Waals surface area contributed by atoms with Crippen LogP contribution < -0.4 is 0 Å². The molecule has 0 saturated carbocycles. The maximum absolute atomic E-state index is 12.2. The van der Waals surface area contributed by atoms with E-state index in [1.807, 2.05) is 0 Å². The van der Waals surface area contributed by atoms with Crippen molar-refractivity contribution in [2.45, 2.75) is 24.4 Å². The van der Waals surface area contributed by atoms with Crippen LogP contribution in [0, 0.1) is 0 Å². The van der Waals surface area contributed by atoms with Gasteiger partial charge in [0, 0.05) is 17.3 Å². The zero-order valence-corrected chi connectivity index (χ0v) is 12.7. The Morgan fingerprint density at radius 3 is 2.70 bits per heavy atom. The van der Waals surface area contributed by atoms with Crippen molar-refractivity contribution in [3.05, 3.63) is 29.0 Å². The molecule has 8 heteroatoms. The molecule has 0 aliphatic carbocycles. The molecule has 2 rings (SSSR count). The zero-order chi connectivity index (χ0) is 14.9. The molecule has 0 spiro atoms. The third kappa shape index (κ3) is 3.74. The predicted octanol–water partition coefficient (Wildman–Crippen LogP) is 5.24. The van der Waals surface area contributed by atoms with Crippen LogP contribution in [0.15, 0.2) is 18.2 Å². The predicted molar refractivity (Wildman–Crippen MR) is 77.5 cm³/mol. The van der Waals surface area contributed by atoms with E-state index < -0.39 is 10.9 Å². The lowest BCUT2D eigenvalue weighted by Gasteiger charge is -2.11. The van der Waals surface area contributed by atoms with Crippen LogP contribution in [0.2, 0.25) is 5.02 Å². The van der Waals surface area contributed by atoms with E-state index in [2.05, 4.69) is 4.98 Å². The molecule has 0 aliphatic heterocycles. The molecule has 0 amide bonds. The average molecular weight is 343 g/mol. The second-order valence-corrected chi connectivity index (χ2v) is 6.42. The van der Waals surface area contributed by atoms with Crippen LogP contribution in [0.4, 0.5) is 13.2 Å². The van der Waals surface area contributed by atoms with E-state index in [4.69, 9.17) is 23.2 Å². The Morgan fingerprint density at radius 1 is 1.40 bits per heavy atom. The quantitative estimate of drug-likeness (QED) is 0.707. The number of alkyl halides is 4. The Morgan fingerprint density at radius 2 is 2.10 bits per heavy atom. The van der Waals surface area contributed by atoms with Gasteiger partial charge in [-0.25, -0.2) is 4.98 Å². The molecule has 1 heterocycles. The van der Waals surface area contributed by atoms with Gasteiger partial charge in [0.05, 0.1) is 16.4 Å². The highest BCUT2D eigenvalue weighted by Crippen LogP contribution is 2.32. The third-order valence-electron chi connectivity index (χ3n) is 2.68. The number of halogens is 5. The van der Waals surface area contributed by atoms with Crippen molar-refractivity contribution in [1.82, 2.24) is 9.55 Å². The van der Waals surface area contributed by atoms with Gasteiger partial charge in [-0.15, -0.1) is 11.6 Å². The average Bonchev–Trinajstić information content (AvgIpc) is 2.66. The lowest BCUT2D eigenvalue weighted by molar-refractivity contribution is -0.0328. The number of benzene rings is 1. The fourth-order valence-electron chi connectivity index (χ4n) is 1.91. The van der Waals surface area contributed by atoms with Crippen LogP contribution in [0.1, 0.15) is 18.1 Å². The number of hydrogen-bond donors (Lipinski definition) is 0. The maximum Gasteiger partial charge on any atom is 0.441 e. The Hall–Kier alpha value is -0.590. The summed E-state index contributed by atoms with van der Waals surface area (Å²) in [6.07, 6.45) is 0. The van der Waals surface area contributed by atoms with Crippen molar-refractivity contribution < 1.29 is 13.2 Å². The molecule has 20 heavy (non-hydrogen) atoms. The van der Waals surface area contributed by atoms with Crippen molar-refractivity contribution in [2.75, 3.05) is 5.75 Å². The first-order valence-electron chi connectivity index (χ1n) is 5.78. The van der Waals surface area contributed by atoms with Gasteiger partial charge in [-0.1, -0.05) is 11.6 Å². The molecule has 110 valence electrons. The van der Waals surface area contributed by atoms with Gasteiger partial charge in [0.25, 0.3) is 0 Å². The van der Waals surface area contributed by atoms with Gasteiger partial charge < -0.3 is 4.57 Å². The topological polar surface area (TPSA) is 17.8 Å². The number of aryl methyl sites for hydroxylation is 1. The molecule has 0 N–H and O–H groups in total. The van der Waals surface area contributed by atoms with Gasteiger partial charge in [0.15, 0.2) is 0 Å². The molecule has 2 nitrogen and oxygen atoms in total. The summed E-state index contributed by atoms with van der Waals surface area (Å²) in [4.78, 5) is 4.34. The Balaban J connectivity index is 2.32. The van der Waals surface area contributed by atoms with Crippen LogP contribution in [0.3, 0.4) is 0 Å². The zero-order valence-electron chi connectivity index (χ0n) is 10.4. The number of imidazole rings is 1. The highest BCUT2D eigenvalue weighted by molar-refractivity contribution is 8.00.